The SMILES string of the molecule is COc1cc(/C=C2\C(=O)N(c3cccc(C)c3)C(=O)c3ccccc32)ccc1OCC#N. The fraction of sp³-hybridized carbons (Fsp3) is 0.115. The van der Waals surface area contributed by atoms with E-state index in [2.05, 4.69) is 0 Å². The molecule has 6 heteroatoms. The maximum absolute atomic E-state index is 13.5. The number of nitrogens with zero attached hydrogens (tertiary/aromatic N) is 2. The van der Waals surface area contributed by atoms with Crippen molar-refractivity contribution in [3.05, 3.63) is 89.0 Å². The first-order valence-electron chi connectivity index (χ1n) is 9.98. The maximum Gasteiger partial charge on any atom is 0.265 e. The summed E-state index contributed by atoms with van der Waals surface area (Å²) in [4.78, 5) is 27.9. The number of methoxy groups -OCH3 is 1. The number of fused-ring (bicyclic) bond motifs is 1. The van der Waals surface area contributed by atoms with Crippen LogP contribution in [-0.4, -0.2) is 25.5 Å². The highest BCUT2D eigenvalue weighted by Gasteiger charge is 2.35. The molecular weight excluding hydrogens is 404 g/mol. The van der Waals surface area contributed by atoms with Crippen LogP contribution in [0, 0.1) is 18.3 Å². The lowest BCUT2D eigenvalue weighted by molar-refractivity contribution is -0.112. The molecule has 0 unspecified atom stereocenters. The fourth-order valence-corrected chi connectivity index (χ4v) is 3.66. The average molecular weight is 424 g/mol. The summed E-state index contributed by atoms with van der Waals surface area (Å²) in [5, 5.41) is 8.75. The number of hydrogen-bond donors (Lipinski definition) is 0. The third-order valence-electron chi connectivity index (χ3n) is 5.13. The molecule has 0 aliphatic carbocycles. The van der Waals surface area contributed by atoms with Gasteiger partial charge < -0.3 is 9.47 Å². The number of carbonyl (C=O) groups excluding carboxylic acids is 2. The molecular formula is C26H20N2O4. The lowest BCUT2D eigenvalue weighted by Crippen LogP contribution is -2.41. The molecule has 2 amide bonds. The van der Waals surface area contributed by atoms with Crippen LogP contribution in [0.15, 0.2) is 66.7 Å². The van der Waals surface area contributed by atoms with Crippen molar-refractivity contribution in [1.82, 2.24) is 0 Å². The van der Waals surface area contributed by atoms with Gasteiger partial charge in [0.05, 0.1) is 12.8 Å². The quantitative estimate of drug-likeness (QED) is 0.441. The van der Waals surface area contributed by atoms with Crippen LogP contribution in [0.2, 0.25) is 0 Å². The molecule has 3 aromatic rings. The van der Waals surface area contributed by atoms with E-state index in [0.717, 1.165) is 5.56 Å². The van der Waals surface area contributed by atoms with E-state index in [-0.39, 0.29) is 12.5 Å². The summed E-state index contributed by atoms with van der Waals surface area (Å²) < 4.78 is 10.7. The molecule has 6 nitrogen and oxygen atoms in total. The fourth-order valence-electron chi connectivity index (χ4n) is 3.66. The van der Waals surface area contributed by atoms with Crippen LogP contribution in [0.5, 0.6) is 11.5 Å². The summed E-state index contributed by atoms with van der Waals surface area (Å²) in [6.45, 7) is 1.81. The second-order valence-electron chi connectivity index (χ2n) is 7.25. The number of anilines is 1. The number of ether oxygens (including phenoxy) is 2. The number of amides is 2. The topological polar surface area (TPSA) is 79.6 Å². The Hall–Kier alpha value is -4.37. The highest BCUT2D eigenvalue weighted by molar-refractivity contribution is 6.43. The molecule has 0 radical (unpaired) electrons. The monoisotopic (exact) mass is 424 g/mol. The van der Waals surface area contributed by atoms with Gasteiger partial charge in [0.2, 0.25) is 0 Å². The number of aryl methyl sites for hydroxylation is 1. The molecule has 0 saturated heterocycles. The van der Waals surface area contributed by atoms with Crippen molar-refractivity contribution in [2.24, 2.45) is 0 Å². The minimum Gasteiger partial charge on any atom is -0.493 e. The Bertz CT molecular complexity index is 1290. The number of benzene rings is 3. The van der Waals surface area contributed by atoms with Gasteiger partial charge in [-0.2, -0.15) is 5.26 Å². The highest BCUT2D eigenvalue weighted by atomic mass is 16.5. The number of rotatable bonds is 5. The average Bonchev–Trinajstić information content (AvgIpc) is 2.81. The molecule has 0 spiro atoms. The number of nitriles is 1. The third-order valence-corrected chi connectivity index (χ3v) is 5.13. The minimum atomic E-state index is -0.400. The summed E-state index contributed by atoms with van der Waals surface area (Å²) in [6, 6.07) is 21.5. The Morgan fingerprint density at radius 2 is 1.72 bits per heavy atom. The Balaban J connectivity index is 1.83. The second-order valence-corrected chi connectivity index (χ2v) is 7.25. The van der Waals surface area contributed by atoms with Gasteiger partial charge in [-0.15, -0.1) is 0 Å². The number of imide groups is 1. The van der Waals surface area contributed by atoms with Gasteiger partial charge in [-0.05, 0) is 60.0 Å². The molecule has 4 rings (SSSR count). The molecule has 158 valence electrons. The molecule has 3 aromatic carbocycles. The molecule has 32 heavy (non-hydrogen) atoms. The predicted octanol–water partition coefficient (Wildman–Crippen LogP) is 4.63. The van der Waals surface area contributed by atoms with Crippen LogP contribution in [0.1, 0.15) is 27.0 Å². The van der Waals surface area contributed by atoms with E-state index in [9.17, 15) is 9.59 Å². The van der Waals surface area contributed by atoms with E-state index in [1.807, 2.05) is 31.2 Å². The molecule has 0 fully saturated rings. The summed E-state index contributed by atoms with van der Waals surface area (Å²) in [6.07, 6.45) is 1.73. The smallest absolute Gasteiger partial charge is 0.265 e. The van der Waals surface area contributed by atoms with E-state index in [1.165, 1.54) is 12.0 Å². The van der Waals surface area contributed by atoms with Crippen molar-refractivity contribution in [3.8, 4) is 17.6 Å². The van der Waals surface area contributed by atoms with Gasteiger partial charge in [-0.25, -0.2) is 4.90 Å². The lowest BCUT2D eigenvalue weighted by Gasteiger charge is -2.29. The van der Waals surface area contributed by atoms with Crippen LogP contribution >= 0.6 is 0 Å². The molecule has 1 aliphatic rings. The first-order chi connectivity index (χ1) is 15.5. The van der Waals surface area contributed by atoms with E-state index in [1.54, 1.807) is 54.6 Å². The van der Waals surface area contributed by atoms with Crippen molar-refractivity contribution in [3.63, 3.8) is 0 Å². The molecule has 0 saturated carbocycles. The van der Waals surface area contributed by atoms with Crippen LogP contribution in [0.25, 0.3) is 11.6 Å². The van der Waals surface area contributed by atoms with Gasteiger partial charge >= 0.3 is 0 Å². The zero-order chi connectivity index (χ0) is 22.7. The minimum absolute atomic E-state index is 0.101. The first kappa shape index (κ1) is 20.9. The predicted molar refractivity (Wildman–Crippen MR) is 121 cm³/mol. The summed E-state index contributed by atoms with van der Waals surface area (Å²) in [5.74, 6) is 0.121. The van der Waals surface area contributed by atoms with E-state index < -0.39 is 5.91 Å². The standard InChI is InChI=1S/C26H20N2O4/c1-17-6-5-7-19(14-17)28-25(29)21-9-4-3-8-20(21)22(26(28)30)15-18-10-11-23(32-13-12-27)24(16-18)31-2/h3-11,14-16H,13H2,1-2H3/b22-15-. The second kappa shape index (κ2) is 8.78. The first-order valence-corrected chi connectivity index (χ1v) is 9.98. The van der Waals surface area contributed by atoms with Gasteiger partial charge in [0.15, 0.2) is 18.1 Å². The van der Waals surface area contributed by atoms with Crippen LogP contribution in [-0.2, 0) is 4.79 Å². The Morgan fingerprint density at radius 3 is 2.44 bits per heavy atom. The normalized spacial score (nSPS) is 14.2. The Kier molecular flexibility index (Phi) is 5.73. The van der Waals surface area contributed by atoms with Crippen molar-refractivity contribution >= 4 is 29.2 Å². The van der Waals surface area contributed by atoms with E-state index >= 15 is 0 Å². The van der Waals surface area contributed by atoms with Gasteiger partial charge in [0.25, 0.3) is 11.8 Å². The summed E-state index contributed by atoms with van der Waals surface area (Å²) in [5.41, 5.74) is 3.61. The summed E-state index contributed by atoms with van der Waals surface area (Å²) in [7, 11) is 1.50. The van der Waals surface area contributed by atoms with E-state index in [0.29, 0.717) is 39.4 Å². The summed E-state index contributed by atoms with van der Waals surface area (Å²) >= 11 is 0. The molecule has 0 aromatic heterocycles. The third kappa shape index (κ3) is 3.84. The molecule has 1 heterocycles. The lowest BCUT2D eigenvalue weighted by atomic mass is 9.91. The van der Waals surface area contributed by atoms with Crippen molar-refractivity contribution in [1.29, 1.82) is 5.26 Å². The molecule has 0 bridgehead atoms. The van der Waals surface area contributed by atoms with Crippen LogP contribution in [0.4, 0.5) is 5.69 Å². The highest BCUT2D eigenvalue weighted by Crippen LogP contribution is 2.35. The number of carbonyl (C=O) groups is 2. The van der Waals surface area contributed by atoms with E-state index in [4.69, 9.17) is 14.7 Å². The van der Waals surface area contributed by atoms with Gasteiger partial charge in [-0.3, -0.25) is 9.59 Å². The molecule has 1 aliphatic heterocycles. The zero-order valence-electron chi connectivity index (χ0n) is 17.7. The Morgan fingerprint density at radius 1 is 0.938 bits per heavy atom. The largest absolute Gasteiger partial charge is 0.493 e. The van der Waals surface area contributed by atoms with Crippen LogP contribution in [0.3, 0.4) is 0 Å². The number of hydrogen-bond acceptors (Lipinski definition) is 5. The van der Waals surface area contributed by atoms with Crippen molar-refractivity contribution in [2.75, 3.05) is 18.6 Å². The Labute approximate surface area is 185 Å². The van der Waals surface area contributed by atoms with Crippen molar-refractivity contribution < 1.29 is 19.1 Å². The van der Waals surface area contributed by atoms with Gasteiger partial charge in [0.1, 0.15) is 6.07 Å². The zero-order valence-corrected chi connectivity index (χ0v) is 17.7. The van der Waals surface area contributed by atoms with Crippen LogP contribution < -0.4 is 14.4 Å². The molecule has 0 atom stereocenters. The maximum atomic E-state index is 13.5. The molecule has 0 N–H and O–H groups in total. The van der Waals surface area contributed by atoms with Gasteiger partial charge in [-0.1, -0.05) is 36.4 Å². The van der Waals surface area contributed by atoms with Crippen molar-refractivity contribution in [2.45, 2.75) is 6.92 Å². The van der Waals surface area contributed by atoms with Gasteiger partial charge in [0, 0.05) is 11.1 Å².